The second-order valence-electron chi connectivity index (χ2n) is 8.61. The summed E-state index contributed by atoms with van der Waals surface area (Å²) in [6.45, 7) is 9.82. The molecule has 0 aliphatic heterocycles. The van der Waals surface area contributed by atoms with Crippen molar-refractivity contribution in [3.8, 4) is 11.5 Å². The van der Waals surface area contributed by atoms with Crippen LogP contribution < -0.4 is 9.47 Å². The van der Waals surface area contributed by atoms with Crippen LogP contribution in [0.1, 0.15) is 102 Å². The molecule has 1 aromatic heterocycles. The van der Waals surface area contributed by atoms with Crippen LogP contribution in [0.25, 0.3) is 11.0 Å². The fourth-order valence-electron chi connectivity index (χ4n) is 3.69. The first-order chi connectivity index (χ1) is 15.5. The van der Waals surface area contributed by atoms with E-state index < -0.39 is 0 Å². The second kappa shape index (κ2) is 15.1. The number of fused-ring (bicyclic) bond motifs is 1. The number of halogens is 2. The van der Waals surface area contributed by atoms with Crippen molar-refractivity contribution in [1.29, 1.82) is 0 Å². The Labute approximate surface area is 211 Å². The molecule has 0 spiro atoms. The van der Waals surface area contributed by atoms with Gasteiger partial charge in [-0.25, -0.2) is 9.97 Å². The zero-order chi connectivity index (χ0) is 23.3. The minimum Gasteiger partial charge on any atom is -0.488 e. The van der Waals surface area contributed by atoms with Crippen molar-refractivity contribution in [3.63, 3.8) is 0 Å². The summed E-state index contributed by atoms with van der Waals surface area (Å²) >= 11 is 7.50. The Morgan fingerprint density at radius 1 is 0.562 bits per heavy atom. The van der Waals surface area contributed by atoms with Gasteiger partial charge in [-0.3, -0.25) is 0 Å². The zero-order valence-corrected chi connectivity index (χ0v) is 23.5. The lowest BCUT2D eigenvalue weighted by Crippen LogP contribution is -2.06. The summed E-state index contributed by atoms with van der Waals surface area (Å²) in [5.74, 6) is 1.47. The Kier molecular flexibility index (Phi) is 12.9. The van der Waals surface area contributed by atoms with Gasteiger partial charge in [-0.1, -0.05) is 78.1 Å². The standard InChI is InChI=1S/C26H40Br2N2O2/c1-5-7-9-11-13-15-17-31-25-21(27)23-24(30-20(4)19(3)29-23)22(28)26(25)32-18-16-14-12-10-8-6-2/h5-18H2,1-4H3. The van der Waals surface area contributed by atoms with E-state index in [0.29, 0.717) is 13.2 Å². The van der Waals surface area contributed by atoms with Crippen LogP contribution in [0.4, 0.5) is 0 Å². The molecule has 0 fully saturated rings. The second-order valence-corrected chi connectivity index (χ2v) is 10.2. The number of nitrogens with zero attached hydrogens (tertiary/aromatic N) is 2. The number of hydrogen-bond acceptors (Lipinski definition) is 4. The number of ether oxygens (including phenoxy) is 2. The fourth-order valence-corrected chi connectivity index (χ4v) is 4.84. The molecule has 0 amide bonds. The van der Waals surface area contributed by atoms with Crippen LogP contribution in [0.2, 0.25) is 0 Å². The van der Waals surface area contributed by atoms with Gasteiger partial charge in [-0.05, 0) is 58.5 Å². The Balaban J connectivity index is 2.13. The molecule has 0 bridgehead atoms. The maximum Gasteiger partial charge on any atom is 0.178 e. The number of benzene rings is 1. The molecule has 0 aliphatic carbocycles. The van der Waals surface area contributed by atoms with E-state index in [4.69, 9.17) is 19.4 Å². The quantitative estimate of drug-likeness (QED) is 0.188. The molecular weight excluding hydrogens is 532 g/mol. The number of aryl methyl sites for hydroxylation is 2. The first-order valence-electron chi connectivity index (χ1n) is 12.4. The van der Waals surface area contributed by atoms with Crippen LogP contribution in [0, 0.1) is 13.8 Å². The van der Waals surface area contributed by atoms with Crippen LogP contribution in [0.15, 0.2) is 8.95 Å². The normalized spacial score (nSPS) is 11.3. The molecular formula is C26H40Br2N2O2. The molecule has 0 saturated carbocycles. The topological polar surface area (TPSA) is 44.2 Å². The third-order valence-corrected chi connectivity index (χ3v) is 7.29. The van der Waals surface area contributed by atoms with Crippen molar-refractivity contribution < 1.29 is 9.47 Å². The van der Waals surface area contributed by atoms with Gasteiger partial charge in [0.2, 0.25) is 0 Å². The highest BCUT2D eigenvalue weighted by atomic mass is 79.9. The summed E-state index contributed by atoms with van der Waals surface area (Å²) < 4.78 is 14.2. The van der Waals surface area contributed by atoms with Crippen molar-refractivity contribution in [2.75, 3.05) is 13.2 Å². The van der Waals surface area contributed by atoms with Gasteiger partial charge >= 0.3 is 0 Å². The van der Waals surface area contributed by atoms with E-state index >= 15 is 0 Å². The van der Waals surface area contributed by atoms with Crippen molar-refractivity contribution >= 4 is 42.9 Å². The summed E-state index contributed by atoms with van der Waals surface area (Å²) in [7, 11) is 0. The summed E-state index contributed by atoms with van der Waals surface area (Å²) in [6, 6.07) is 0. The predicted molar refractivity (Wildman–Crippen MR) is 142 cm³/mol. The van der Waals surface area contributed by atoms with E-state index in [-0.39, 0.29) is 0 Å². The highest BCUT2D eigenvalue weighted by Crippen LogP contribution is 2.46. The van der Waals surface area contributed by atoms with Crippen LogP contribution in [-0.4, -0.2) is 23.2 Å². The molecule has 0 unspecified atom stereocenters. The van der Waals surface area contributed by atoms with Gasteiger partial charge in [0.1, 0.15) is 11.0 Å². The molecule has 180 valence electrons. The third-order valence-electron chi connectivity index (χ3n) is 5.82. The molecule has 2 rings (SSSR count). The minimum absolute atomic E-state index is 0.675. The van der Waals surface area contributed by atoms with Crippen molar-refractivity contribution in [3.05, 3.63) is 20.3 Å². The fraction of sp³-hybridized carbons (Fsp3) is 0.692. The molecule has 4 nitrogen and oxygen atoms in total. The average Bonchev–Trinajstić information content (AvgIpc) is 2.78. The lowest BCUT2D eigenvalue weighted by molar-refractivity contribution is 0.256. The van der Waals surface area contributed by atoms with E-state index in [2.05, 4.69) is 45.7 Å². The molecule has 32 heavy (non-hydrogen) atoms. The van der Waals surface area contributed by atoms with Gasteiger partial charge < -0.3 is 9.47 Å². The highest BCUT2D eigenvalue weighted by molar-refractivity contribution is 9.11. The molecule has 0 aliphatic rings. The van der Waals surface area contributed by atoms with E-state index in [1.807, 2.05) is 13.8 Å². The SMILES string of the molecule is CCCCCCCCOc1c(OCCCCCCCC)c(Br)c2nc(C)c(C)nc2c1Br. The van der Waals surface area contributed by atoms with Gasteiger partial charge in [-0.15, -0.1) is 0 Å². The lowest BCUT2D eigenvalue weighted by atomic mass is 10.1. The summed E-state index contributed by atoms with van der Waals surface area (Å²) in [5, 5.41) is 0. The maximum atomic E-state index is 6.27. The molecule has 0 atom stereocenters. The summed E-state index contributed by atoms with van der Waals surface area (Å²) in [4.78, 5) is 9.56. The number of rotatable bonds is 16. The Bertz CT molecular complexity index is 774. The highest BCUT2D eigenvalue weighted by Gasteiger charge is 2.22. The van der Waals surface area contributed by atoms with Gasteiger partial charge in [0, 0.05) is 0 Å². The van der Waals surface area contributed by atoms with Gasteiger partial charge in [0.25, 0.3) is 0 Å². The van der Waals surface area contributed by atoms with Crippen LogP contribution in [-0.2, 0) is 0 Å². The van der Waals surface area contributed by atoms with Crippen LogP contribution >= 0.6 is 31.9 Å². The van der Waals surface area contributed by atoms with Crippen molar-refractivity contribution in [2.24, 2.45) is 0 Å². The largest absolute Gasteiger partial charge is 0.488 e. The monoisotopic (exact) mass is 570 g/mol. The van der Waals surface area contributed by atoms with E-state index in [1.165, 1.54) is 64.2 Å². The molecule has 6 heteroatoms. The van der Waals surface area contributed by atoms with E-state index in [9.17, 15) is 0 Å². The van der Waals surface area contributed by atoms with E-state index in [1.54, 1.807) is 0 Å². The summed E-state index contributed by atoms with van der Waals surface area (Å²) in [5.41, 5.74) is 3.47. The van der Waals surface area contributed by atoms with Gasteiger partial charge in [0.05, 0.1) is 33.5 Å². The lowest BCUT2D eigenvalue weighted by Gasteiger charge is -2.18. The summed E-state index contributed by atoms with van der Waals surface area (Å²) in [6.07, 6.45) is 14.8. The average molecular weight is 572 g/mol. The molecule has 0 saturated heterocycles. The number of aromatic nitrogens is 2. The Hall–Kier alpha value is -0.880. The molecule has 1 heterocycles. The van der Waals surface area contributed by atoms with Gasteiger partial charge in [0.15, 0.2) is 11.5 Å². The number of hydrogen-bond donors (Lipinski definition) is 0. The first-order valence-corrected chi connectivity index (χ1v) is 14.0. The molecule has 0 N–H and O–H groups in total. The Morgan fingerprint density at radius 2 is 0.906 bits per heavy atom. The number of unbranched alkanes of at least 4 members (excludes halogenated alkanes) is 10. The predicted octanol–water partition coefficient (Wildman–Crippen LogP) is 9.25. The Morgan fingerprint density at radius 3 is 1.28 bits per heavy atom. The van der Waals surface area contributed by atoms with Crippen molar-refractivity contribution in [2.45, 2.75) is 105 Å². The van der Waals surface area contributed by atoms with Crippen molar-refractivity contribution in [1.82, 2.24) is 9.97 Å². The molecule has 0 radical (unpaired) electrons. The maximum absolute atomic E-state index is 6.27. The zero-order valence-electron chi connectivity index (χ0n) is 20.4. The minimum atomic E-state index is 0.675. The van der Waals surface area contributed by atoms with Crippen LogP contribution in [0.3, 0.4) is 0 Å². The smallest absolute Gasteiger partial charge is 0.178 e. The van der Waals surface area contributed by atoms with Crippen LogP contribution in [0.5, 0.6) is 11.5 Å². The first kappa shape index (κ1) is 27.4. The van der Waals surface area contributed by atoms with Gasteiger partial charge in [-0.2, -0.15) is 0 Å². The third kappa shape index (κ3) is 8.16. The molecule has 2 aromatic rings. The molecule has 1 aromatic carbocycles. The van der Waals surface area contributed by atoms with E-state index in [0.717, 1.165) is 55.7 Å².